The Hall–Kier alpha value is -1.50. The lowest BCUT2D eigenvalue weighted by atomic mass is 9.81. The summed E-state index contributed by atoms with van der Waals surface area (Å²) in [7, 11) is 0. The molecule has 24 heavy (non-hydrogen) atoms. The monoisotopic (exact) mass is 335 g/mol. The second kappa shape index (κ2) is 6.43. The zero-order chi connectivity index (χ0) is 16.6. The van der Waals surface area contributed by atoms with Gasteiger partial charge in [-0.1, -0.05) is 11.6 Å². The van der Waals surface area contributed by atoms with Crippen LogP contribution in [0, 0.1) is 0 Å². The van der Waals surface area contributed by atoms with Gasteiger partial charge in [-0.3, -0.25) is 9.69 Å². The van der Waals surface area contributed by atoms with Gasteiger partial charge in [-0.2, -0.15) is 0 Å². The van der Waals surface area contributed by atoms with Crippen LogP contribution in [0.25, 0.3) is 0 Å². The first-order valence-corrected chi connectivity index (χ1v) is 9.28. The van der Waals surface area contributed by atoms with Crippen LogP contribution in [-0.2, 0) is 24.4 Å². The summed E-state index contributed by atoms with van der Waals surface area (Å²) in [4.78, 5) is 16.7. The minimum absolute atomic E-state index is 0.327. The van der Waals surface area contributed by atoms with Crippen molar-refractivity contribution >= 4 is 5.91 Å². The van der Waals surface area contributed by atoms with E-state index in [1.165, 1.54) is 19.3 Å². The maximum atomic E-state index is 14.6. The van der Waals surface area contributed by atoms with Gasteiger partial charge in [0.25, 0.3) is 5.91 Å². The highest BCUT2D eigenvalue weighted by Crippen LogP contribution is 2.38. The van der Waals surface area contributed by atoms with Crippen molar-refractivity contribution in [3.8, 4) is 0 Å². The number of hydrogen-bond donors (Lipinski definition) is 0. The molecule has 0 bridgehead atoms. The standard InChI is InChI=1S/C17H26FN5O/c18-17(6-4-7-17)16(24)22-10-5-11-23-15(13-22)14(19-20-23)12-21-8-2-1-3-9-21/h1-13H2. The third kappa shape index (κ3) is 2.94. The van der Waals surface area contributed by atoms with Crippen molar-refractivity contribution < 1.29 is 9.18 Å². The fourth-order valence-electron chi connectivity index (χ4n) is 4.00. The summed E-state index contributed by atoms with van der Waals surface area (Å²) in [5.41, 5.74) is 0.336. The van der Waals surface area contributed by atoms with Gasteiger partial charge < -0.3 is 4.90 Å². The Morgan fingerprint density at radius 1 is 1.04 bits per heavy atom. The Morgan fingerprint density at radius 2 is 1.83 bits per heavy atom. The van der Waals surface area contributed by atoms with Crippen molar-refractivity contribution in [1.82, 2.24) is 24.8 Å². The second-order valence-electron chi connectivity index (χ2n) is 7.44. The molecule has 1 saturated carbocycles. The molecule has 0 spiro atoms. The molecule has 1 amide bonds. The summed E-state index contributed by atoms with van der Waals surface area (Å²) in [6.45, 7) is 4.80. The zero-order valence-corrected chi connectivity index (χ0v) is 14.2. The van der Waals surface area contributed by atoms with Gasteiger partial charge in [-0.15, -0.1) is 5.10 Å². The van der Waals surface area contributed by atoms with Crippen molar-refractivity contribution in [2.75, 3.05) is 19.6 Å². The van der Waals surface area contributed by atoms with Crippen molar-refractivity contribution in [2.45, 2.75) is 70.2 Å². The number of piperidine rings is 1. The van der Waals surface area contributed by atoms with E-state index >= 15 is 0 Å². The number of aromatic nitrogens is 3. The van der Waals surface area contributed by atoms with Gasteiger partial charge in [-0.05, 0) is 51.6 Å². The number of alkyl halides is 1. The molecule has 0 N–H and O–H groups in total. The van der Waals surface area contributed by atoms with E-state index in [2.05, 4.69) is 15.2 Å². The minimum atomic E-state index is -1.62. The SMILES string of the molecule is O=C(N1CCCn2nnc(CN3CCCCC3)c2C1)C1(F)CCC1. The average molecular weight is 335 g/mol. The molecule has 3 heterocycles. The number of rotatable bonds is 3. The number of fused-ring (bicyclic) bond motifs is 1. The molecule has 132 valence electrons. The Kier molecular flexibility index (Phi) is 4.28. The van der Waals surface area contributed by atoms with Crippen LogP contribution in [0.4, 0.5) is 4.39 Å². The number of likely N-dealkylation sites (tertiary alicyclic amines) is 1. The number of carbonyl (C=O) groups is 1. The predicted molar refractivity (Wildman–Crippen MR) is 86.9 cm³/mol. The zero-order valence-electron chi connectivity index (χ0n) is 14.2. The van der Waals surface area contributed by atoms with Crippen LogP contribution >= 0.6 is 0 Å². The van der Waals surface area contributed by atoms with Gasteiger partial charge in [0.15, 0.2) is 5.67 Å². The average Bonchev–Trinajstić information content (AvgIpc) is 2.81. The lowest BCUT2D eigenvalue weighted by molar-refractivity contribution is -0.150. The third-order valence-corrected chi connectivity index (χ3v) is 5.70. The normalized spacial score (nSPS) is 24.1. The van der Waals surface area contributed by atoms with Crippen molar-refractivity contribution in [3.05, 3.63) is 11.4 Å². The number of aryl methyl sites for hydroxylation is 1. The van der Waals surface area contributed by atoms with E-state index in [1.54, 1.807) is 4.90 Å². The molecular weight excluding hydrogens is 309 g/mol. The van der Waals surface area contributed by atoms with Crippen LogP contribution in [0.2, 0.25) is 0 Å². The van der Waals surface area contributed by atoms with Crippen LogP contribution in [-0.4, -0.2) is 56.0 Å². The summed E-state index contributed by atoms with van der Waals surface area (Å²) in [5, 5.41) is 8.64. The molecule has 2 fully saturated rings. The minimum Gasteiger partial charge on any atom is -0.334 e. The maximum absolute atomic E-state index is 14.6. The smallest absolute Gasteiger partial charge is 0.260 e. The molecule has 2 aliphatic heterocycles. The summed E-state index contributed by atoms with van der Waals surface area (Å²) in [5.74, 6) is -0.327. The van der Waals surface area contributed by atoms with Crippen molar-refractivity contribution in [3.63, 3.8) is 0 Å². The molecule has 6 nitrogen and oxygen atoms in total. The van der Waals surface area contributed by atoms with Gasteiger partial charge in [0.05, 0.1) is 12.2 Å². The highest BCUT2D eigenvalue weighted by molar-refractivity contribution is 5.86. The first kappa shape index (κ1) is 16.0. The predicted octanol–water partition coefficient (Wildman–Crippen LogP) is 1.89. The van der Waals surface area contributed by atoms with E-state index in [1.807, 2.05) is 4.68 Å². The highest BCUT2D eigenvalue weighted by Gasteiger charge is 2.47. The number of nitrogens with zero attached hydrogens (tertiary/aromatic N) is 5. The van der Waals surface area contributed by atoms with Gasteiger partial charge in [0.1, 0.15) is 5.69 Å². The Labute approximate surface area is 142 Å². The third-order valence-electron chi connectivity index (χ3n) is 5.70. The van der Waals surface area contributed by atoms with E-state index in [4.69, 9.17) is 0 Å². The molecule has 1 saturated heterocycles. The van der Waals surface area contributed by atoms with Crippen LogP contribution in [0.3, 0.4) is 0 Å². The van der Waals surface area contributed by atoms with Crippen LogP contribution in [0.5, 0.6) is 0 Å². The molecular formula is C17H26FN5O. The molecule has 4 rings (SSSR count). The number of amides is 1. The van der Waals surface area contributed by atoms with Crippen molar-refractivity contribution in [1.29, 1.82) is 0 Å². The molecule has 0 radical (unpaired) electrons. The second-order valence-corrected chi connectivity index (χ2v) is 7.44. The molecule has 7 heteroatoms. The van der Waals surface area contributed by atoms with E-state index < -0.39 is 5.67 Å². The first-order valence-electron chi connectivity index (χ1n) is 9.28. The molecule has 0 unspecified atom stereocenters. The molecule has 1 aliphatic carbocycles. The Balaban J connectivity index is 1.50. The number of carbonyl (C=O) groups excluding carboxylic acids is 1. The van der Waals surface area contributed by atoms with E-state index in [0.29, 0.717) is 25.9 Å². The summed E-state index contributed by atoms with van der Waals surface area (Å²) in [6, 6.07) is 0. The number of halogens is 1. The van der Waals surface area contributed by atoms with Gasteiger partial charge in [0, 0.05) is 19.6 Å². The molecule has 0 atom stereocenters. The van der Waals surface area contributed by atoms with Crippen molar-refractivity contribution in [2.24, 2.45) is 0 Å². The Morgan fingerprint density at radius 3 is 2.54 bits per heavy atom. The largest absolute Gasteiger partial charge is 0.334 e. The van der Waals surface area contributed by atoms with E-state index in [9.17, 15) is 9.18 Å². The van der Waals surface area contributed by atoms with Crippen LogP contribution < -0.4 is 0 Å². The number of hydrogen-bond acceptors (Lipinski definition) is 4. The van der Waals surface area contributed by atoms with E-state index in [0.717, 1.165) is 50.4 Å². The summed E-state index contributed by atoms with van der Waals surface area (Å²) < 4.78 is 16.5. The van der Waals surface area contributed by atoms with Crippen LogP contribution in [0.15, 0.2) is 0 Å². The van der Waals surface area contributed by atoms with Gasteiger partial charge in [-0.25, -0.2) is 9.07 Å². The topological polar surface area (TPSA) is 54.3 Å². The van der Waals surface area contributed by atoms with Gasteiger partial charge >= 0.3 is 0 Å². The van der Waals surface area contributed by atoms with Gasteiger partial charge in [0.2, 0.25) is 0 Å². The maximum Gasteiger partial charge on any atom is 0.260 e. The molecule has 3 aliphatic rings. The Bertz CT molecular complexity index is 606. The quantitative estimate of drug-likeness (QED) is 0.846. The first-order chi connectivity index (χ1) is 11.7. The molecule has 1 aromatic rings. The van der Waals surface area contributed by atoms with Crippen LogP contribution in [0.1, 0.15) is 56.3 Å². The fourth-order valence-corrected chi connectivity index (χ4v) is 4.00. The highest BCUT2D eigenvalue weighted by atomic mass is 19.1. The fraction of sp³-hybridized carbons (Fsp3) is 0.824. The van der Waals surface area contributed by atoms with E-state index in [-0.39, 0.29) is 5.91 Å². The summed E-state index contributed by atoms with van der Waals surface area (Å²) in [6.07, 6.45) is 6.14. The molecule has 0 aromatic carbocycles. The molecule has 1 aromatic heterocycles. The summed E-state index contributed by atoms with van der Waals surface area (Å²) >= 11 is 0. The lowest BCUT2D eigenvalue weighted by Crippen LogP contribution is -2.50. The lowest BCUT2D eigenvalue weighted by Gasteiger charge is -2.36.